The summed E-state index contributed by atoms with van der Waals surface area (Å²) in [5, 5.41) is 15.1. The maximum absolute atomic E-state index is 12.5. The van der Waals surface area contributed by atoms with Crippen LogP contribution in [-0.4, -0.2) is 83.7 Å². The van der Waals surface area contributed by atoms with Crippen molar-refractivity contribution < 1.29 is 14.3 Å². The van der Waals surface area contributed by atoms with Gasteiger partial charge in [0.1, 0.15) is 17.7 Å². The summed E-state index contributed by atoms with van der Waals surface area (Å²) in [7, 11) is 0. The third kappa shape index (κ3) is 5.81. The number of fused-ring (bicyclic) bond motifs is 1. The van der Waals surface area contributed by atoms with E-state index in [9.17, 15) is 4.79 Å². The second-order valence-corrected chi connectivity index (χ2v) is 10.4. The number of hydrogen-bond donors (Lipinski definition) is 3. The summed E-state index contributed by atoms with van der Waals surface area (Å²) in [5.74, 6) is 2.66. The van der Waals surface area contributed by atoms with Crippen LogP contribution in [0.15, 0.2) is 12.3 Å². The van der Waals surface area contributed by atoms with Crippen molar-refractivity contribution in [3.05, 3.63) is 17.8 Å². The number of carbonyl (C=O) groups excluding carboxylic acids is 1. The Morgan fingerprint density at radius 3 is 2.74 bits per heavy atom. The molecular formula is C25H39N7O3. The average Bonchev–Trinajstić information content (AvgIpc) is 3.53. The van der Waals surface area contributed by atoms with Crippen molar-refractivity contribution in [1.29, 1.82) is 0 Å². The van der Waals surface area contributed by atoms with Crippen molar-refractivity contribution in [3.8, 4) is 0 Å². The van der Waals surface area contributed by atoms with Crippen molar-refractivity contribution in [2.75, 3.05) is 56.6 Å². The lowest BCUT2D eigenvalue weighted by Gasteiger charge is -2.32. The molecule has 0 saturated carbocycles. The van der Waals surface area contributed by atoms with Crippen molar-refractivity contribution in [3.63, 3.8) is 0 Å². The molecule has 192 valence electrons. The van der Waals surface area contributed by atoms with Gasteiger partial charge in [0, 0.05) is 57.1 Å². The van der Waals surface area contributed by atoms with E-state index in [0.717, 1.165) is 101 Å². The molecule has 5 rings (SSSR count). The van der Waals surface area contributed by atoms with Crippen LogP contribution in [0.3, 0.4) is 0 Å². The Balaban J connectivity index is 1.21. The fraction of sp³-hybridized carbons (Fsp3) is 0.720. The first-order chi connectivity index (χ1) is 17.1. The standard InChI is InChI=1S/C25H39N7O3/c1-17(2)21-16-28-32-23(13-22(30-24(21)32)29-19-6-11-34-12-7-19)27-14-18-4-9-31(10-5-18)25(33)35-20-3-8-26-15-20/h13,16-20,26-27H,3-12,14-15H2,1-2H3,(H,29,30). The molecule has 0 radical (unpaired) electrons. The zero-order chi connectivity index (χ0) is 24.2. The van der Waals surface area contributed by atoms with Crippen LogP contribution in [0.2, 0.25) is 0 Å². The van der Waals surface area contributed by atoms with E-state index in [2.05, 4.69) is 41.0 Å². The Bertz CT molecular complexity index is 990. The summed E-state index contributed by atoms with van der Waals surface area (Å²) in [6.07, 6.45) is 6.59. The fourth-order valence-corrected chi connectivity index (χ4v) is 5.15. The van der Waals surface area contributed by atoms with Crippen LogP contribution in [0.5, 0.6) is 0 Å². The molecule has 3 fully saturated rings. The molecule has 0 spiro atoms. The number of nitrogens with one attached hydrogen (secondary N) is 3. The maximum atomic E-state index is 12.5. The van der Waals surface area contributed by atoms with E-state index in [1.807, 2.05) is 15.6 Å². The molecule has 1 amide bonds. The Hall–Kier alpha value is -2.59. The minimum absolute atomic E-state index is 0.0183. The number of anilines is 2. The molecule has 5 heterocycles. The summed E-state index contributed by atoms with van der Waals surface area (Å²) >= 11 is 0. The minimum atomic E-state index is -0.164. The lowest BCUT2D eigenvalue weighted by molar-refractivity contribution is 0.0604. The van der Waals surface area contributed by atoms with Crippen molar-refractivity contribution >= 4 is 23.4 Å². The molecule has 1 unspecified atom stereocenters. The smallest absolute Gasteiger partial charge is 0.410 e. The van der Waals surface area contributed by atoms with Gasteiger partial charge in [0.05, 0.1) is 6.20 Å². The molecule has 35 heavy (non-hydrogen) atoms. The Labute approximate surface area is 207 Å². The van der Waals surface area contributed by atoms with Gasteiger partial charge in [-0.3, -0.25) is 0 Å². The van der Waals surface area contributed by atoms with Gasteiger partial charge in [0.15, 0.2) is 5.65 Å². The quantitative estimate of drug-likeness (QED) is 0.550. The van der Waals surface area contributed by atoms with E-state index in [1.54, 1.807) is 0 Å². The second-order valence-electron chi connectivity index (χ2n) is 10.4. The summed E-state index contributed by atoms with van der Waals surface area (Å²) in [6.45, 7) is 9.94. The number of nitrogens with zero attached hydrogens (tertiary/aromatic N) is 4. The summed E-state index contributed by atoms with van der Waals surface area (Å²) in [4.78, 5) is 19.3. The average molecular weight is 486 g/mol. The molecule has 1 atom stereocenters. The minimum Gasteiger partial charge on any atom is -0.445 e. The highest BCUT2D eigenvalue weighted by atomic mass is 16.6. The van der Waals surface area contributed by atoms with E-state index in [4.69, 9.17) is 14.5 Å². The van der Waals surface area contributed by atoms with E-state index in [1.165, 1.54) is 0 Å². The Morgan fingerprint density at radius 1 is 1.23 bits per heavy atom. The SMILES string of the molecule is CC(C)c1cnn2c(NCC3CCN(C(=O)OC4CCNC4)CC3)cc(NC3CCOCC3)nc12. The monoisotopic (exact) mass is 485 g/mol. The number of aromatic nitrogens is 3. The van der Waals surface area contributed by atoms with Crippen LogP contribution in [0.25, 0.3) is 5.65 Å². The van der Waals surface area contributed by atoms with Crippen LogP contribution < -0.4 is 16.0 Å². The van der Waals surface area contributed by atoms with E-state index < -0.39 is 0 Å². The molecule has 10 heteroatoms. The second kappa shape index (κ2) is 11.0. The van der Waals surface area contributed by atoms with Gasteiger partial charge in [0.2, 0.25) is 0 Å². The van der Waals surface area contributed by atoms with Gasteiger partial charge in [-0.05, 0) is 50.5 Å². The Morgan fingerprint density at radius 2 is 2.03 bits per heavy atom. The lowest BCUT2D eigenvalue weighted by atomic mass is 9.97. The molecule has 10 nitrogen and oxygen atoms in total. The van der Waals surface area contributed by atoms with Crippen molar-refractivity contribution in [2.24, 2.45) is 5.92 Å². The number of carbonyl (C=O) groups is 1. The number of likely N-dealkylation sites (tertiary alicyclic amines) is 1. The number of hydrogen-bond acceptors (Lipinski definition) is 8. The van der Waals surface area contributed by atoms with E-state index >= 15 is 0 Å². The summed E-state index contributed by atoms with van der Waals surface area (Å²) in [6, 6.07) is 2.45. The van der Waals surface area contributed by atoms with Gasteiger partial charge in [-0.15, -0.1) is 0 Å². The molecule has 3 aliphatic rings. The summed E-state index contributed by atoms with van der Waals surface area (Å²) in [5.41, 5.74) is 2.05. The predicted octanol–water partition coefficient (Wildman–Crippen LogP) is 3.07. The molecule has 0 aromatic carbocycles. The number of ether oxygens (including phenoxy) is 2. The van der Waals surface area contributed by atoms with Gasteiger partial charge in [-0.2, -0.15) is 9.61 Å². The molecule has 3 saturated heterocycles. The van der Waals surface area contributed by atoms with E-state index in [0.29, 0.717) is 17.9 Å². The largest absolute Gasteiger partial charge is 0.445 e. The first-order valence-corrected chi connectivity index (χ1v) is 13.2. The highest BCUT2D eigenvalue weighted by molar-refractivity contribution is 5.68. The molecule has 3 aliphatic heterocycles. The fourth-order valence-electron chi connectivity index (χ4n) is 5.15. The maximum Gasteiger partial charge on any atom is 0.410 e. The molecular weight excluding hydrogens is 446 g/mol. The first-order valence-electron chi connectivity index (χ1n) is 13.2. The van der Waals surface area contributed by atoms with Crippen LogP contribution in [0, 0.1) is 5.92 Å². The van der Waals surface area contributed by atoms with Gasteiger partial charge < -0.3 is 30.3 Å². The first kappa shape index (κ1) is 24.1. The predicted molar refractivity (Wildman–Crippen MR) is 135 cm³/mol. The molecule has 0 aliphatic carbocycles. The lowest BCUT2D eigenvalue weighted by Crippen LogP contribution is -2.41. The molecule has 2 aromatic heterocycles. The number of piperidine rings is 1. The van der Waals surface area contributed by atoms with Gasteiger partial charge in [-0.25, -0.2) is 9.78 Å². The van der Waals surface area contributed by atoms with Gasteiger partial charge in [-0.1, -0.05) is 13.8 Å². The van der Waals surface area contributed by atoms with Crippen LogP contribution in [0.4, 0.5) is 16.4 Å². The third-order valence-electron chi connectivity index (χ3n) is 7.42. The third-order valence-corrected chi connectivity index (χ3v) is 7.42. The van der Waals surface area contributed by atoms with Gasteiger partial charge >= 0.3 is 6.09 Å². The van der Waals surface area contributed by atoms with Crippen LogP contribution in [0.1, 0.15) is 57.4 Å². The zero-order valence-electron chi connectivity index (χ0n) is 21.0. The Kier molecular flexibility index (Phi) is 7.57. The highest BCUT2D eigenvalue weighted by Gasteiger charge is 2.27. The zero-order valence-corrected chi connectivity index (χ0v) is 21.0. The molecule has 3 N–H and O–H groups in total. The van der Waals surface area contributed by atoms with E-state index in [-0.39, 0.29) is 12.2 Å². The highest BCUT2D eigenvalue weighted by Crippen LogP contribution is 2.26. The molecule has 2 aromatic rings. The van der Waals surface area contributed by atoms with Crippen molar-refractivity contribution in [1.82, 2.24) is 24.8 Å². The normalized spacial score (nSPS) is 22.1. The van der Waals surface area contributed by atoms with Crippen LogP contribution in [-0.2, 0) is 9.47 Å². The number of rotatable bonds is 7. The van der Waals surface area contributed by atoms with Gasteiger partial charge in [0.25, 0.3) is 0 Å². The summed E-state index contributed by atoms with van der Waals surface area (Å²) < 4.78 is 13.1. The van der Waals surface area contributed by atoms with Crippen LogP contribution >= 0.6 is 0 Å². The molecule has 0 bridgehead atoms. The van der Waals surface area contributed by atoms with Crippen molar-refractivity contribution in [2.45, 2.75) is 64.0 Å². The topological polar surface area (TPSA) is 105 Å². The number of amides is 1.